The number of rotatable bonds is 38. The molecule has 374 valence electrons. The molecule has 0 radical (unpaired) electrons. The average Bonchev–Trinajstić information content (AvgIpc) is 3.73. The van der Waals surface area contributed by atoms with Gasteiger partial charge in [-0.15, -0.1) is 0 Å². The second-order valence-corrected chi connectivity index (χ2v) is 15.5. The summed E-state index contributed by atoms with van der Waals surface area (Å²) in [6, 6.07) is 10.3. The van der Waals surface area contributed by atoms with Gasteiger partial charge in [-0.05, 0) is 43.5 Å². The largest absolute Gasteiger partial charge is 0.379 e. The van der Waals surface area contributed by atoms with E-state index in [1.165, 1.54) is 11.0 Å². The van der Waals surface area contributed by atoms with Gasteiger partial charge in [-0.2, -0.15) is 0 Å². The number of hydrogen-bond donors (Lipinski definition) is 2. The fraction of sp³-hybridized carbons (Fsp3) is 0.596. The number of imide groups is 3. The number of nitrogens with one attached hydrogen (secondary N) is 2. The van der Waals surface area contributed by atoms with Crippen molar-refractivity contribution in [3.05, 3.63) is 64.7 Å². The molecule has 1 fully saturated rings. The van der Waals surface area contributed by atoms with Gasteiger partial charge >= 0.3 is 0 Å². The summed E-state index contributed by atoms with van der Waals surface area (Å²) in [6.45, 7) is 8.73. The number of carbonyl (C=O) groups is 7. The molecule has 0 aromatic heterocycles. The van der Waals surface area contributed by atoms with Gasteiger partial charge in [-0.1, -0.05) is 24.6 Å². The summed E-state index contributed by atoms with van der Waals surface area (Å²) in [5.41, 5.74) is 1.22. The fourth-order valence-corrected chi connectivity index (χ4v) is 7.18. The number of hydrogen-bond acceptors (Lipinski definition) is 17. The molecule has 0 spiro atoms. The first-order valence-electron chi connectivity index (χ1n) is 23.1. The Kier molecular flexibility index (Phi) is 24.7. The van der Waals surface area contributed by atoms with E-state index in [1.54, 1.807) is 36.4 Å². The first-order valence-corrected chi connectivity index (χ1v) is 23.1. The second-order valence-electron chi connectivity index (χ2n) is 15.5. The summed E-state index contributed by atoms with van der Waals surface area (Å²) in [6.07, 6.45) is 2.40. The van der Waals surface area contributed by atoms with Crippen molar-refractivity contribution < 1.29 is 80.9 Å². The van der Waals surface area contributed by atoms with Crippen LogP contribution in [0.2, 0.25) is 0 Å². The summed E-state index contributed by atoms with van der Waals surface area (Å²) < 4.78 is 55.1. The third kappa shape index (κ3) is 17.8. The molecule has 3 heterocycles. The second kappa shape index (κ2) is 31.1. The summed E-state index contributed by atoms with van der Waals surface area (Å²) in [7, 11) is 0. The maximum Gasteiger partial charge on any atom is 0.264 e. The lowest BCUT2D eigenvalue weighted by Crippen LogP contribution is -2.54. The molecule has 1 unspecified atom stereocenters. The lowest BCUT2D eigenvalue weighted by molar-refractivity contribution is -0.136. The summed E-state index contributed by atoms with van der Waals surface area (Å²) in [4.78, 5) is 89.5. The lowest BCUT2D eigenvalue weighted by atomic mass is 10.0. The van der Waals surface area contributed by atoms with Crippen LogP contribution in [-0.4, -0.2) is 196 Å². The molecular formula is C47H64N4O17. The number of piperidine rings is 1. The Morgan fingerprint density at radius 2 is 0.941 bits per heavy atom. The topological polar surface area (TPSA) is 242 Å². The Morgan fingerprint density at radius 1 is 0.500 bits per heavy atom. The third-order valence-electron chi connectivity index (χ3n) is 10.6. The van der Waals surface area contributed by atoms with Crippen molar-refractivity contribution in [2.75, 3.05) is 144 Å². The molecule has 0 bridgehead atoms. The van der Waals surface area contributed by atoms with Gasteiger partial charge in [0.1, 0.15) is 6.04 Å². The molecule has 21 nitrogen and oxygen atoms in total. The van der Waals surface area contributed by atoms with Crippen LogP contribution in [0, 0.1) is 0 Å². The number of anilines is 1. The number of unbranched alkanes of at least 4 members (excludes halogenated alkanes) is 2. The molecule has 21 heteroatoms. The van der Waals surface area contributed by atoms with E-state index >= 15 is 0 Å². The molecule has 2 aromatic rings. The highest BCUT2D eigenvalue weighted by Gasteiger charge is 2.45. The predicted molar refractivity (Wildman–Crippen MR) is 240 cm³/mol. The summed E-state index contributed by atoms with van der Waals surface area (Å²) >= 11 is 0. The summed E-state index contributed by atoms with van der Waals surface area (Å²) in [5.74, 6) is -3.32. The zero-order chi connectivity index (χ0) is 48.2. The van der Waals surface area contributed by atoms with Crippen LogP contribution in [0.1, 0.15) is 80.0 Å². The Bertz CT molecular complexity index is 1910. The molecule has 0 aliphatic carbocycles. The first kappa shape index (κ1) is 53.9. The van der Waals surface area contributed by atoms with Gasteiger partial charge in [-0.25, -0.2) is 0 Å². The summed E-state index contributed by atoms with van der Waals surface area (Å²) in [5, 5.41) is 4.90. The number of carbonyl (C=O) groups excluding carboxylic acids is 7. The van der Waals surface area contributed by atoms with E-state index in [1.807, 2.05) is 0 Å². The lowest BCUT2D eigenvalue weighted by Gasteiger charge is -2.27. The molecule has 3 aliphatic heterocycles. The van der Waals surface area contributed by atoms with Crippen molar-refractivity contribution in [1.29, 1.82) is 0 Å². The molecule has 2 N–H and O–H groups in total. The van der Waals surface area contributed by atoms with E-state index in [2.05, 4.69) is 10.6 Å². The van der Waals surface area contributed by atoms with Crippen LogP contribution in [0.25, 0.3) is 0 Å². The van der Waals surface area contributed by atoms with Crippen LogP contribution in [0.15, 0.2) is 42.5 Å². The van der Waals surface area contributed by atoms with Crippen LogP contribution >= 0.6 is 0 Å². The minimum atomic E-state index is -1.08. The van der Waals surface area contributed by atoms with Crippen LogP contribution in [0.3, 0.4) is 0 Å². The minimum absolute atomic E-state index is 0.0227. The maximum absolute atomic E-state index is 13.2. The van der Waals surface area contributed by atoms with Gasteiger partial charge in [0.05, 0.1) is 160 Å². The molecule has 7 amide bonds. The Hall–Kier alpha value is -5.07. The molecule has 5 rings (SSSR count). The predicted octanol–water partition coefficient (Wildman–Crippen LogP) is 2.05. The number of amides is 7. The van der Waals surface area contributed by atoms with Gasteiger partial charge < -0.3 is 52.7 Å². The normalized spacial score (nSPS) is 15.7. The van der Waals surface area contributed by atoms with Crippen molar-refractivity contribution in [2.45, 2.75) is 44.6 Å². The zero-order valence-corrected chi connectivity index (χ0v) is 38.5. The molecule has 0 saturated carbocycles. The monoisotopic (exact) mass is 956 g/mol. The van der Waals surface area contributed by atoms with E-state index in [-0.39, 0.29) is 66.9 Å². The SMILES string of the molecule is O=C1CCC(N2C(=O)c3cccc(NC(=O)CCCCCOCCOCCOCCOCCOCCOCCOCCOCCOCCOCCN4C(=O)c5ccccc5C4=O)c3C2=O)C(=O)N1. The molecule has 1 saturated heterocycles. The van der Waals surface area contributed by atoms with Crippen LogP contribution in [0.4, 0.5) is 5.69 Å². The van der Waals surface area contributed by atoms with Gasteiger partial charge in [0.15, 0.2) is 0 Å². The van der Waals surface area contributed by atoms with E-state index in [0.29, 0.717) is 143 Å². The number of nitrogens with zero attached hydrogens (tertiary/aromatic N) is 2. The Morgan fingerprint density at radius 3 is 1.41 bits per heavy atom. The van der Waals surface area contributed by atoms with Crippen LogP contribution in [-0.2, 0) is 61.8 Å². The zero-order valence-electron chi connectivity index (χ0n) is 38.5. The van der Waals surface area contributed by atoms with E-state index in [4.69, 9.17) is 47.4 Å². The van der Waals surface area contributed by atoms with Crippen molar-refractivity contribution >= 4 is 47.0 Å². The van der Waals surface area contributed by atoms with Crippen molar-refractivity contribution in [1.82, 2.24) is 15.1 Å². The highest BCUT2D eigenvalue weighted by molar-refractivity contribution is 6.26. The maximum atomic E-state index is 13.2. The molecule has 1 atom stereocenters. The highest BCUT2D eigenvalue weighted by Crippen LogP contribution is 2.32. The number of benzene rings is 2. The van der Waals surface area contributed by atoms with Gasteiger partial charge in [0.25, 0.3) is 23.6 Å². The average molecular weight is 957 g/mol. The standard InChI is InChI=1S/C47H64N4O17/c52-40(48-38-10-6-9-37-42(38)47(58)51(46(37)57)39-12-13-41(53)49-43(39)54)11-2-1-5-15-59-17-19-61-21-23-63-25-27-65-29-31-67-33-34-68-32-30-66-28-26-64-24-22-62-20-18-60-16-14-50-44(55)35-7-3-4-8-36(35)45(50)56/h3-4,6-10,39H,1-2,5,11-34H2,(H,48,52)(H,49,53,54). The molecule has 3 aliphatic rings. The molecule has 68 heavy (non-hydrogen) atoms. The van der Waals surface area contributed by atoms with Crippen molar-refractivity contribution in [2.24, 2.45) is 0 Å². The van der Waals surface area contributed by atoms with Crippen molar-refractivity contribution in [3.63, 3.8) is 0 Å². The fourth-order valence-electron chi connectivity index (χ4n) is 7.18. The quantitative estimate of drug-likeness (QED) is 0.0723. The van der Waals surface area contributed by atoms with E-state index in [0.717, 1.165) is 17.7 Å². The van der Waals surface area contributed by atoms with Gasteiger partial charge in [0.2, 0.25) is 17.7 Å². The molecule has 2 aromatic carbocycles. The highest BCUT2D eigenvalue weighted by atomic mass is 16.6. The van der Waals surface area contributed by atoms with E-state index < -0.39 is 29.7 Å². The minimum Gasteiger partial charge on any atom is -0.379 e. The van der Waals surface area contributed by atoms with Gasteiger partial charge in [0, 0.05) is 19.4 Å². The number of fused-ring (bicyclic) bond motifs is 2. The van der Waals surface area contributed by atoms with Crippen molar-refractivity contribution in [3.8, 4) is 0 Å². The van der Waals surface area contributed by atoms with Crippen LogP contribution in [0.5, 0.6) is 0 Å². The Labute approximate surface area is 395 Å². The first-order chi connectivity index (χ1) is 33.3. The Balaban J connectivity index is 0.694. The van der Waals surface area contributed by atoms with E-state index in [9.17, 15) is 33.6 Å². The smallest absolute Gasteiger partial charge is 0.264 e. The number of ether oxygens (including phenoxy) is 10. The van der Waals surface area contributed by atoms with Gasteiger partial charge in [-0.3, -0.25) is 48.7 Å². The molecular weight excluding hydrogens is 893 g/mol. The van der Waals surface area contributed by atoms with Crippen LogP contribution < -0.4 is 10.6 Å². The third-order valence-corrected chi connectivity index (χ3v) is 10.6.